The number of likely N-dealkylation sites (N-methyl/N-ethyl adjacent to an activating group) is 2. The molecule has 0 aliphatic carbocycles. The molecule has 2 heterocycles. The van der Waals surface area contributed by atoms with Gasteiger partial charge in [0.2, 0.25) is 5.91 Å². The number of ether oxygens (including phenoxy) is 2. The molecular weight excluding hydrogens is 468 g/mol. The first-order chi connectivity index (χ1) is 17.0. The zero-order valence-electron chi connectivity index (χ0n) is 21.1. The zero-order chi connectivity index (χ0) is 25.0. The van der Waals surface area contributed by atoms with E-state index in [2.05, 4.69) is 16.0 Å². The van der Waals surface area contributed by atoms with Crippen molar-refractivity contribution >= 4 is 23.5 Å². The van der Waals surface area contributed by atoms with Crippen molar-refractivity contribution < 1.29 is 19.1 Å². The van der Waals surface area contributed by atoms with E-state index >= 15 is 0 Å². The lowest BCUT2D eigenvalue weighted by atomic mass is 9.88. The third-order valence-corrected chi connectivity index (χ3v) is 7.00. The molecule has 2 aliphatic heterocycles. The van der Waals surface area contributed by atoms with E-state index in [1.54, 1.807) is 0 Å². The molecule has 2 saturated heterocycles. The number of carbonyl (C=O) groups is 2. The van der Waals surface area contributed by atoms with Crippen molar-refractivity contribution in [3.63, 3.8) is 0 Å². The first kappa shape index (κ1) is 27.7. The maximum absolute atomic E-state index is 13.3. The fourth-order valence-electron chi connectivity index (χ4n) is 5.14. The smallest absolute Gasteiger partial charge is 0.317 e. The number of urea groups is 1. The maximum atomic E-state index is 13.3. The number of hydrogen-bond donors (Lipinski definition) is 3. The number of benzene rings is 1. The highest BCUT2D eigenvalue weighted by atomic mass is 35.5. The first-order valence-corrected chi connectivity index (χ1v) is 13.3. The van der Waals surface area contributed by atoms with E-state index in [4.69, 9.17) is 21.1 Å². The fourth-order valence-corrected chi connectivity index (χ4v) is 5.34. The van der Waals surface area contributed by atoms with E-state index in [-0.39, 0.29) is 36.6 Å². The minimum absolute atomic E-state index is 0.0264. The normalized spacial score (nSPS) is 22.3. The number of piperidine rings is 1. The van der Waals surface area contributed by atoms with Crippen LogP contribution in [0.2, 0.25) is 5.02 Å². The number of nitrogens with one attached hydrogen (secondary N) is 3. The van der Waals surface area contributed by atoms with Crippen molar-refractivity contribution in [1.82, 2.24) is 20.9 Å². The average molecular weight is 509 g/mol. The van der Waals surface area contributed by atoms with Gasteiger partial charge in [-0.15, -0.1) is 0 Å². The molecular formula is C26H41ClN4O4. The fraction of sp³-hybridized carbons (Fsp3) is 0.692. The van der Waals surface area contributed by atoms with E-state index in [1.165, 1.54) is 0 Å². The predicted octanol–water partition coefficient (Wildman–Crippen LogP) is 3.36. The van der Waals surface area contributed by atoms with Gasteiger partial charge in [-0.2, -0.15) is 0 Å². The van der Waals surface area contributed by atoms with Crippen molar-refractivity contribution in [2.45, 2.75) is 51.2 Å². The van der Waals surface area contributed by atoms with E-state index in [9.17, 15) is 9.59 Å². The summed E-state index contributed by atoms with van der Waals surface area (Å²) in [4.78, 5) is 27.3. The summed E-state index contributed by atoms with van der Waals surface area (Å²) in [5.41, 5.74) is 0.930. The molecule has 3 rings (SSSR count). The summed E-state index contributed by atoms with van der Waals surface area (Å²) < 4.78 is 11.8. The van der Waals surface area contributed by atoms with Crippen molar-refractivity contribution in [3.8, 4) is 0 Å². The largest absolute Gasteiger partial charge is 0.381 e. The van der Waals surface area contributed by atoms with E-state index in [0.29, 0.717) is 30.6 Å². The molecule has 0 saturated carbocycles. The second kappa shape index (κ2) is 14.6. The molecule has 0 spiro atoms. The lowest BCUT2D eigenvalue weighted by molar-refractivity contribution is -0.129. The van der Waals surface area contributed by atoms with Crippen LogP contribution >= 0.6 is 11.6 Å². The minimum atomic E-state index is -0.320. The number of amides is 3. The maximum Gasteiger partial charge on any atom is 0.317 e. The molecule has 3 amide bonds. The van der Waals surface area contributed by atoms with Crippen LogP contribution in [0.5, 0.6) is 0 Å². The summed E-state index contributed by atoms with van der Waals surface area (Å²) in [5, 5.41) is 9.87. The molecule has 3 N–H and O–H groups in total. The Morgan fingerprint density at radius 2 is 2.14 bits per heavy atom. The van der Waals surface area contributed by atoms with Gasteiger partial charge in [-0.05, 0) is 69.7 Å². The van der Waals surface area contributed by atoms with Gasteiger partial charge in [0, 0.05) is 56.4 Å². The van der Waals surface area contributed by atoms with Gasteiger partial charge in [-0.25, -0.2) is 4.79 Å². The van der Waals surface area contributed by atoms with Crippen LogP contribution in [0.4, 0.5) is 4.79 Å². The number of nitrogens with zero attached hydrogens (tertiary/aromatic N) is 1. The van der Waals surface area contributed by atoms with Crippen molar-refractivity contribution in [3.05, 3.63) is 34.9 Å². The summed E-state index contributed by atoms with van der Waals surface area (Å²) >= 11 is 6.26. The quantitative estimate of drug-likeness (QED) is 0.426. The molecule has 4 unspecified atom stereocenters. The molecule has 4 atom stereocenters. The van der Waals surface area contributed by atoms with Crippen LogP contribution in [-0.2, 0) is 14.3 Å². The van der Waals surface area contributed by atoms with Gasteiger partial charge in [0.05, 0.1) is 6.10 Å². The molecule has 1 aromatic rings. The summed E-state index contributed by atoms with van der Waals surface area (Å²) in [6.45, 7) is 6.02. The van der Waals surface area contributed by atoms with Crippen LogP contribution in [0.1, 0.15) is 50.7 Å². The Morgan fingerprint density at radius 3 is 2.86 bits per heavy atom. The molecule has 35 heavy (non-hydrogen) atoms. The lowest BCUT2D eigenvalue weighted by Gasteiger charge is -2.38. The van der Waals surface area contributed by atoms with Gasteiger partial charge in [0.15, 0.2) is 0 Å². The molecule has 1 aromatic carbocycles. The number of likely N-dealkylation sites (tertiary alicyclic amines) is 1. The second-order valence-corrected chi connectivity index (χ2v) is 10.0. The van der Waals surface area contributed by atoms with Crippen LogP contribution in [0, 0.1) is 11.8 Å². The Kier molecular flexibility index (Phi) is 11.6. The van der Waals surface area contributed by atoms with Crippen molar-refractivity contribution in [1.29, 1.82) is 0 Å². The molecule has 0 radical (unpaired) electrons. The molecule has 9 heteroatoms. The van der Waals surface area contributed by atoms with Gasteiger partial charge in [-0.1, -0.05) is 23.7 Å². The van der Waals surface area contributed by atoms with Gasteiger partial charge in [-0.3, -0.25) is 4.79 Å². The monoisotopic (exact) mass is 508 g/mol. The highest BCUT2D eigenvalue weighted by molar-refractivity contribution is 6.30. The number of halogens is 1. The first-order valence-electron chi connectivity index (χ1n) is 12.9. The van der Waals surface area contributed by atoms with Gasteiger partial charge < -0.3 is 30.3 Å². The molecule has 196 valence electrons. The van der Waals surface area contributed by atoms with E-state index in [1.807, 2.05) is 43.1 Å². The Morgan fingerprint density at radius 1 is 1.29 bits per heavy atom. The van der Waals surface area contributed by atoms with E-state index < -0.39 is 0 Å². The second-order valence-electron chi connectivity index (χ2n) is 9.61. The van der Waals surface area contributed by atoms with Crippen molar-refractivity contribution in [2.24, 2.45) is 11.8 Å². The van der Waals surface area contributed by atoms with Gasteiger partial charge >= 0.3 is 6.03 Å². The standard InChI is InChI=1S/C26H41ClN4O4/c1-3-29-24(32)18-35-25(20-8-4-10-22(27)14-20)21-9-5-11-31(16-21)26(33)30-23(15-28-2)13-19-7-6-12-34-17-19/h4,8,10,14,19,21,23,25,28H,3,5-7,9,11-13,15-18H2,1-2H3,(H,29,32)(H,30,33). The predicted molar refractivity (Wildman–Crippen MR) is 138 cm³/mol. The molecule has 0 bridgehead atoms. The van der Waals surface area contributed by atoms with Crippen LogP contribution in [0.15, 0.2) is 24.3 Å². The zero-order valence-corrected chi connectivity index (χ0v) is 21.8. The Labute approximate surface area is 214 Å². The summed E-state index contributed by atoms with van der Waals surface area (Å²) in [7, 11) is 1.91. The highest BCUT2D eigenvalue weighted by Crippen LogP contribution is 2.34. The van der Waals surface area contributed by atoms with Gasteiger partial charge in [0.25, 0.3) is 0 Å². The van der Waals surface area contributed by atoms with Gasteiger partial charge in [0.1, 0.15) is 6.61 Å². The molecule has 0 aromatic heterocycles. The topological polar surface area (TPSA) is 91.9 Å². The molecule has 8 nitrogen and oxygen atoms in total. The summed E-state index contributed by atoms with van der Waals surface area (Å²) in [5.74, 6) is 0.398. The SMILES string of the molecule is CCNC(=O)COC(c1cccc(Cl)c1)C1CCCN(C(=O)NC(CNC)CC2CCCOC2)C1. The molecule has 2 aliphatic rings. The Hall–Kier alpha value is -1.87. The third-order valence-electron chi connectivity index (χ3n) is 6.77. The summed E-state index contributed by atoms with van der Waals surface area (Å²) in [6.07, 6.45) is 4.61. The number of hydrogen-bond acceptors (Lipinski definition) is 5. The van der Waals surface area contributed by atoms with Crippen LogP contribution in [0.25, 0.3) is 0 Å². The summed E-state index contributed by atoms with van der Waals surface area (Å²) in [6, 6.07) is 7.59. The van der Waals surface area contributed by atoms with Crippen LogP contribution in [0.3, 0.4) is 0 Å². The minimum Gasteiger partial charge on any atom is -0.381 e. The van der Waals surface area contributed by atoms with Crippen LogP contribution < -0.4 is 16.0 Å². The number of rotatable bonds is 11. The number of carbonyl (C=O) groups excluding carboxylic acids is 2. The Bertz CT molecular complexity index is 805. The lowest BCUT2D eigenvalue weighted by Crippen LogP contribution is -2.52. The third kappa shape index (κ3) is 8.94. The van der Waals surface area contributed by atoms with E-state index in [0.717, 1.165) is 57.4 Å². The Balaban J connectivity index is 1.64. The van der Waals surface area contributed by atoms with Crippen LogP contribution in [-0.4, -0.2) is 75.9 Å². The average Bonchev–Trinajstić information content (AvgIpc) is 2.85. The highest BCUT2D eigenvalue weighted by Gasteiger charge is 2.32. The van der Waals surface area contributed by atoms with Crippen molar-refractivity contribution in [2.75, 3.05) is 53.0 Å². The molecule has 2 fully saturated rings.